The molecule has 4 heteroatoms. The molecular formula is C13H21NO3. The van der Waals surface area contributed by atoms with Crippen LogP contribution in [0.1, 0.15) is 12.5 Å². The topological polar surface area (TPSA) is 50.7 Å². The molecule has 1 aromatic carbocycles. The molecule has 0 aliphatic carbocycles. The van der Waals surface area contributed by atoms with Crippen molar-refractivity contribution in [3.63, 3.8) is 0 Å². The van der Waals surface area contributed by atoms with Gasteiger partial charge in [0.1, 0.15) is 11.5 Å². The first-order valence-electron chi connectivity index (χ1n) is 5.73. The van der Waals surface area contributed by atoms with Crippen LogP contribution in [0.4, 0.5) is 0 Å². The summed E-state index contributed by atoms with van der Waals surface area (Å²) in [6.45, 7) is 4.36. The lowest BCUT2D eigenvalue weighted by atomic mass is 10.1. The van der Waals surface area contributed by atoms with Crippen molar-refractivity contribution in [2.75, 3.05) is 27.4 Å². The van der Waals surface area contributed by atoms with E-state index in [-0.39, 0.29) is 5.75 Å². The fraction of sp³-hybridized carbons (Fsp3) is 0.538. The Morgan fingerprint density at radius 1 is 1.35 bits per heavy atom. The predicted octanol–water partition coefficient (Wildman–Crippen LogP) is 1.77. The number of rotatable bonds is 7. The third kappa shape index (κ3) is 4.63. The number of hydrogen-bond donors (Lipinski definition) is 2. The lowest BCUT2D eigenvalue weighted by molar-refractivity contribution is 0.158. The molecule has 1 unspecified atom stereocenters. The lowest BCUT2D eigenvalue weighted by Gasteiger charge is -2.12. The van der Waals surface area contributed by atoms with E-state index in [1.807, 2.05) is 12.1 Å². The summed E-state index contributed by atoms with van der Waals surface area (Å²) in [5.74, 6) is 1.38. The zero-order valence-electron chi connectivity index (χ0n) is 10.7. The highest BCUT2D eigenvalue weighted by Gasteiger charge is 2.04. The largest absolute Gasteiger partial charge is 0.507 e. The van der Waals surface area contributed by atoms with E-state index in [1.165, 1.54) is 0 Å². The molecule has 4 nitrogen and oxygen atoms in total. The molecule has 1 atom stereocenters. The molecule has 17 heavy (non-hydrogen) atoms. The summed E-state index contributed by atoms with van der Waals surface area (Å²) < 4.78 is 10.1. The molecule has 0 spiro atoms. The Morgan fingerprint density at radius 3 is 2.71 bits per heavy atom. The Kier molecular flexibility index (Phi) is 5.80. The second kappa shape index (κ2) is 7.14. The third-order valence-corrected chi connectivity index (χ3v) is 2.55. The van der Waals surface area contributed by atoms with Gasteiger partial charge in [-0.15, -0.1) is 0 Å². The van der Waals surface area contributed by atoms with Crippen LogP contribution in [-0.2, 0) is 11.3 Å². The van der Waals surface area contributed by atoms with Crippen molar-refractivity contribution in [1.29, 1.82) is 0 Å². The smallest absolute Gasteiger partial charge is 0.123 e. The number of phenolic OH excluding ortho intramolecular Hbond substituents is 1. The van der Waals surface area contributed by atoms with E-state index in [4.69, 9.17) is 9.47 Å². The first-order chi connectivity index (χ1) is 8.17. The average Bonchev–Trinajstić information content (AvgIpc) is 2.31. The highest BCUT2D eigenvalue weighted by atomic mass is 16.5. The summed E-state index contributed by atoms with van der Waals surface area (Å²) in [7, 11) is 3.28. The Labute approximate surface area is 103 Å². The van der Waals surface area contributed by atoms with E-state index >= 15 is 0 Å². The average molecular weight is 239 g/mol. The molecule has 0 radical (unpaired) electrons. The number of aromatic hydroxyl groups is 1. The van der Waals surface area contributed by atoms with Crippen LogP contribution in [0, 0.1) is 5.92 Å². The molecule has 0 amide bonds. The van der Waals surface area contributed by atoms with Crippen molar-refractivity contribution in [2.24, 2.45) is 5.92 Å². The second-order valence-electron chi connectivity index (χ2n) is 4.19. The zero-order chi connectivity index (χ0) is 12.7. The van der Waals surface area contributed by atoms with E-state index in [1.54, 1.807) is 20.3 Å². The summed E-state index contributed by atoms with van der Waals surface area (Å²) in [5.41, 5.74) is 0.871. The van der Waals surface area contributed by atoms with Gasteiger partial charge in [0, 0.05) is 38.4 Å². The molecule has 2 N–H and O–H groups in total. The maximum Gasteiger partial charge on any atom is 0.123 e. The SMILES string of the molecule is COCC(C)CNCc1ccc(OC)cc1O. The fourth-order valence-corrected chi connectivity index (χ4v) is 1.62. The molecule has 0 aromatic heterocycles. The van der Waals surface area contributed by atoms with Crippen LogP contribution in [-0.4, -0.2) is 32.5 Å². The molecule has 1 aromatic rings. The molecule has 0 fully saturated rings. The van der Waals surface area contributed by atoms with Crippen LogP contribution in [0.3, 0.4) is 0 Å². The number of methoxy groups -OCH3 is 2. The van der Waals surface area contributed by atoms with Gasteiger partial charge in [0.2, 0.25) is 0 Å². The van der Waals surface area contributed by atoms with Gasteiger partial charge in [0.05, 0.1) is 7.11 Å². The number of benzene rings is 1. The van der Waals surface area contributed by atoms with Crippen molar-refractivity contribution in [2.45, 2.75) is 13.5 Å². The normalized spacial score (nSPS) is 12.4. The molecule has 0 bridgehead atoms. The predicted molar refractivity (Wildman–Crippen MR) is 67.4 cm³/mol. The van der Waals surface area contributed by atoms with Crippen LogP contribution >= 0.6 is 0 Å². The summed E-state index contributed by atoms with van der Waals surface area (Å²) in [5, 5.41) is 13.0. The van der Waals surface area contributed by atoms with Gasteiger partial charge < -0.3 is 19.9 Å². The molecular weight excluding hydrogens is 218 g/mol. The Morgan fingerprint density at radius 2 is 2.12 bits per heavy atom. The maximum atomic E-state index is 9.75. The number of hydrogen-bond acceptors (Lipinski definition) is 4. The van der Waals surface area contributed by atoms with Crippen molar-refractivity contribution in [3.05, 3.63) is 23.8 Å². The van der Waals surface area contributed by atoms with Gasteiger partial charge in [-0.05, 0) is 12.0 Å². The fourth-order valence-electron chi connectivity index (χ4n) is 1.62. The summed E-state index contributed by atoms with van der Waals surface area (Å²) in [6.07, 6.45) is 0. The van der Waals surface area contributed by atoms with Crippen LogP contribution in [0.15, 0.2) is 18.2 Å². The number of nitrogens with one attached hydrogen (secondary N) is 1. The van der Waals surface area contributed by atoms with E-state index < -0.39 is 0 Å². The van der Waals surface area contributed by atoms with Crippen molar-refractivity contribution in [1.82, 2.24) is 5.32 Å². The summed E-state index contributed by atoms with van der Waals surface area (Å²) >= 11 is 0. The molecule has 0 aliphatic rings. The van der Waals surface area contributed by atoms with Gasteiger partial charge in [0.15, 0.2) is 0 Å². The van der Waals surface area contributed by atoms with E-state index in [9.17, 15) is 5.11 Å². The second-order valence-corrected chi connectivity index (χ2v) is 4.19. The van der Waals surface area contributed by atoms with Crippen LogP contribution in [0.5, 0.6) is 11.5 Å². The van der Waals surface area contributed by atoms with Crippen molar-refractivity contribution < 1.29 is 14.6 Å². The molecule has 0 saturated heterocycles. The summed E-state index contributed by atoms with van der Waals surface area (Å²) in [6, 6.07) is 5.33. The molecule has 96 valence electrons. The Hall–Kier alpha value is -1.26. The molecule has 1 rings (SSSR count). The highest BCUT2D eigenvalue weighted by molar-refractivity contribution is 5.39. The molecule has 0 heterocycles. The quantitative estimate of drug-likeness (QED) is 0.761. The minimum Gasteiger partial charge on any atom is -0.507 e. The zero-order valence-corrected chi connectivity index (χ0v) is 10.7. The maximum absolute atomic E-state index is 9.75. The first-order valence-corrected chi connectivity index (χ1v) is 5.73. The minimum atomic E-state index is 0.260. The Bertz CT molecular complexity index is 341. The lowest BCUT2D eigenvalue weighted by Crippen LogP contribution is -2.23. The van der Waals surface area contributed by atoms with Gasteiger partial charge in [-0.1, -0.05) is 13.0 Å². The molecule has 0 saturated carbocycles. The highest BCUT2D eigenvalue weighted by Crippen LogP contribution is 2.23. The Balaban J connectivity index is 2.41. The number of phenols is 1. The van der Waals surface area contributed by atoms with Gasteiger partial charge in [-0.2, -0.15) is 0 Å². The number of ether oxygens (including phenoxy) is 2. The standard InChI is InChI=1S/C13H21NO3/c1-10(9-16-2)7-14-8-11-4-5-12(17-3)6-13(11)15/h4-6,10,14-15H,7-9H2,1-3H3. The van der Waals surface area contributed by atoms with E-state index in [2.05, 4.69) is 12.2 Å². The van der Waals surface area contributed by atoms with Crippen LogP contribution < -0.4 is 10.1 Å². The molecule has 0 aliphatic heterocycles. The van der Waals surface area contributed by atoms with Crippen molar-refractivity contribution in [3.8, 4) is 11.5 Å². The van der Waals surface area contributed by atoms with E-state index in [0.717, 1.165) is 18.7 Å². The first kappa shape index (κ1) is 13.8. The third-order valence-electron chi connectivity index (χ3n) is 2.55. The van der Waals surface area contributed by atoms with Crippen molar-refractivity contribution >= 4 is 0 Å². The monoisotopic (exact) mass is 239 g/mol. The van der Waals surface area contributed by atoms with Crippen LogP contribution in [0.25, 0.3) is 0 Å². The summed E-state index contributed by atoms with van der Waals surface area (Å²) in [4.78, 5) is 0. The van der Waals surface area contributed by atoms with Gasteiger partial charge in [-0.25, -0.2) is 0 Å². The van der Waals surface area contributed by atoms with Gasteiger partial charge in [-0.3, -0.25) is 0 Å². The van der Waals surface area contributed by atoms with Crippen LogP contribution in [0.2, 0.25) is 0 Å². The van der Waals surface area contributed by atoms with E-state index in [0.29, 0.717) is 18.2 Å². The van der Waals surface area contributed by atoms with Gasteiger partial charge >= 0.3 is 0 Å². The minimum absolute atomic E-state index is 0.260. The van der Waals surface area contributed by atoms with Gasteiger partial charge in [0.25, 0.3) is 0 Å².